The van der Waals surface area contributed by atoms with Crippen LogP contribution >= 0.6 is 11.3 Å². The zero-order valence-electron chi connectivity index (χ0n) is 28.0. The quantitative estimate of drug-likeness (QED) is 0.169. The Bertz CT molecular complexity index is 2850. The third kappa shape index (κ3) is 4.41. The first-order valence-corrected chi connectivity index (χ1v) is 18.8. The maximum atomic E-state index is 2.58. The summed E-state index contributed by atoms with van der Waals surface area (Å²) in [5.41, 5.74) is 12.7. The Morgan fingerprint density at radius 3 is 2.24 bits per heavy atom. The van der Waals surface area contributed by atoms with E-state index in [4.69, 9.17) is 0 Å². The molecule has 0 radical (unpaired) electrons. The fourth-order valence-electron chi connectivity index (χ4n) is 8.97. The summed E-state index contributed by atoms with van der Waals surface area (Å²) in [5, 5.41) is 5.23. The van der Waals surface area contributed by atoms with Crippen LogP contribution in [0.15, 0.2) is 170 Å². The molecule has 0 N–H and O–H groups in total. The van der Waals surface area contributed by atoms with Gasteiger partial charge in [-0.05, 0) is 95.3 Å². The first-order chi connectivity index (χ1) is 25.3. The van der Waals surface area contributed by atoms with E-state index in [-0.39, 0.29) is 0 Å². The SMILES string of the molecule is C1=CC2C(CC1)c1ccccc1N2c1ccc2c(c1)c1ccccc1n2-c1cccc(-c2cccc(-c3cccc4c3sc3ccccc34)c2)c1. The Hall–Kier alpha value is -5.90. The van der Waals surface area contributed by atoms with Crippen LogP contribution in [0.5, 0.6) is 0 Å². The second-order valence-electron chi connectivity index (χ2n) is 14.0. The molecule has 2 nitrogen and oxygen atoms in total. The molecule has 1 aliphatic carbocycles. The van der Waals surface area contributed by atoms with Crippen molar-refractivity contribution in [3.63, 3.8) is 0 Å². The Morgan fingerprint density at radius 1 is 0.529 bits per heavy atom. The van der Waals surface area contributed by atoms with Gasteiger partial charge in [0.15, 0.2) is 0 Å². The fourth-order valence-corrected chi connectivity index (χ4v) is 10.2. The van der Waals surface area contributed by atoms with Crippen LogP contribution < -0.4 is 4.90 Å². The van der Waals surface area contributed by atoms with Crippen molar-refractivity contribution in [2.45, 2.75) is 24.8 Å². The second kappa shape index (κ2) is 11.3. The van der Waals surface area contributed by atoms with E-state index in [0.717, 1.165) is 6.42 Å². The van der Waals surface area contributed by atoms with E-state index in [1.807, 2.05) is 11.3 Å². The average Bonchev–Trinajstić information content (AvgIpc) is 3.86. The largest absolute Gasteiger partial charge is 0.334 e. The summed E-state index contributed by atoms with van der Waals surface area (Å²) in [4.78, 5) is 2.58. The highest BCUT2D eigenvalue weighted by Crippen LogP contribution is 2.50. The van der Waals surface area contributed by atoms with E-state index in [2.05, 4.69) is 179 Å². The first-order valence-electron chi connectivity index (χ1n) is 18.0. The molecule has 11 rings (SSSR count). The van der Waals surface area contributed by atoms with Gasteiger partial charge in [0, 0.05) is 53.9 Å². The van der Waals surface area contributed by atoms with Gasteiger partial charge in [-0.15, -0.1) is 11.3 Å². The van der Waals surface area contributed by atoms with Gasteiger partial charge < -0.3 is 9.47 Å². The van der Waals surface area contributed by atoms with Gasteiger partial charge in [0.2, 0.25) is 0 Å². The lowest BCUT2D eigenvalue weighted by Gasteiger charge is -2.30. The number of para-hydroxylation sites is 2. The van der Waals surface area contributed by atoms with Crippen molar-refractivity contribution in [3.05, 3.63) is 175 Å². The fraction of sp³-hybridized carbons (Fsp3) is 0.0833. The van der Waals surface area contributed by atoms with Gasteiger partial charge in [-0.25, -0.2) is 0 Å². The number of fused-ring (bicyclic) bond motifs is 9. The molecule has 2 aliphatic rings. The lowest BCUT2D eigenvalue weighted by Crippen LogP contribution is -2.29. The molecule has 2 atom stereocenters. The minimum atomic E-state index is 0.361. The summed E-state index contributed by atoms with van der Waals surface area (Å²) in [7, 11) is 0. The summed E-state index contributed by atoms with van der Waals surface area (Å²) in [5.74, 6) is 0.544. The summed E-state index contributed by atoms with van der Waals surface area (Å²) in [6, 6.07) is 58.9. The molecule has 3 heterocycles. The highest BCUT2D eigenvalue weighted by Gasteiger charge is 2.38. The number of thiophene rings is 1. The molecule has 2 aromatic heterocycles. The minimum absolute atomic E-state index is 0.361. The highest BCUT2D eigenvalue weighted by atomic mass is 32.1. The normalized spacial score (nSPS) is 16.7. The van der Waals surface area contributed by atoms with Crippen LogP contribution in [0.3, 0.4) is 0 Å². The summed E-state index contributed by atoms with van der Waals surface area (Å²) in [6.07, 6.45) is 7.17. The Balaban J connectivity index is 1.03. The topological polar surface area (TPSA) is 8.17 Å². The molecule has 51 heavy (non-hydrogen) atoms. The van der Waals surface area contributed by atoms with E-state index < -0.39 is 0 Å². The van der Waals surface area contributed by atoms with Crippen LogP contribution in [0.4, 0.5) is 11.4 Å². The van der Waals surface area contributed by atoms with Crippen LogP contribution in [0.2, 0.25) is 0 Å². The molecule has 9 aromatic rings. The van der Waals surface area contributed by atoms with Crippen molar-refractivity contribution in [1.82, 2.24) is 4.57 Å². The molecule has 0 spiro atoms. The number of benzene rings is 7. The second-order valence-corrected chi connectivity index (χ2v) is 15.0. The van der Waals surface area contributed by atoms with Gasteiger partial charge in [-0.1, -0.05) is 115 Å². The van der Waals surface area contributed by atoms with Gasteiger partial charge in [0.25, 0.3) is 0 Å². The van der Waals surface area contributed by atoms with E-state index in [9.17, 15) is 0 Å². The Labute approximate surface area is 301 Å². The molecular weight excluding hydrogens is 637 g/mol. The third-order valence-electron chi connectivity index (χ3n) is 11.2. The molecule has 0 fully saturated rings. The maximum Gasteiger partial charge on any atom is 0.0591 e. The maximum absolute atomic E-state index is 2.58. The van der Waals surface area contributed by atoms with Crippen molar-refractivity contribution in [2.75, 3.05) is 4.90 Å². The monoisotopic (exact) mass is 670 g/mol. The van der Waals surface area contributed by atoms with Crippen LogP contribution in [0.1, 0.15) is 24.3 Å². The van der Waals surface area contributed by atoms with Crippen molar-refractivity contribution >= 4 is 64.7 Å². The lowest BCUT2D eigenvalue weighted by atomic mass is 9.86. The Kier molecular flexibility index (Phi) is 6.41. The van der Waals surface area contributed by atoms with E-state index in [1.54, 1.807) is 0 Å². The lowest BCUT2D eigenvalue weighted by molar-refractivity contribution is 0.573. The molecule has 0 saturated carbocycles. The van der Waals surface area contributed by atoms with E-state index in [0.29, 0.717) is 12.0 Å². The van der Waals surface area contributed by atoms with E-state index in [1.165, 1.54) is 93.3 Å². The molecular formula is C48H34N2S. The minimum Gasteiger partial charge on any atom is -0.334 e. The molecule has 1 aliphatic heterocycles. The zero-order chi connectivity index (χ0) is 33.5. The van der Waals surface area contributed by atoms with E-state index >= 15 is 0 Å². The number of hydrogen-bond acceptors (Lipinski definition) is 2. The predicted molar refractivity (Wildman–Crippen MR) is 218 cm³/mol. The van der Waals surface area contributed by atoms with Gasteiger partial charge >= 0.3 is 0 Å². The summed E-state index contributed by atoms with van der Waals surface area (Å²) in [6.45, 7) is 0. The van der Waals surface area contributed by atoms with Crippen molar-refractivity contribution in [1.29, 1.82) is 0 Å². The predicted octanol–water partition coefficient (Wildman–Crippen LogP) is 13.4. The highest BCUT2D eigenvalue weighted by molar-refractivity contribution is 7.26. The average molecular weight is 671 g/mol. The first kappa shape index (κ1) is 28.9. The molecule has 3 heteroatoms. The van der Waals surface area contributed by atoms with Gasteiger partial charge in [-0.3, -0.25) is 0 Å². The molecule has 7 aromatic carbocycles. The number of rotatable bonds is 4. The summed E-state index contributed by atoms with van der Waals surface area (Å²) >= 11 is 1.89. The number of allylic oxidation sites excluding steroid dienone is 1. The van der Waals surface area contributed by atoms with Crippen molar-refractivity contribution in [2.24, 2.45) is 0 Å². The summed E-state index contributed by atoms with van der Waals surface area (Å²) < 4.78 is 5.13. The molecule has 2 unspecified atom stereocenters. The van der Waals surface area contributed by atoms with Crippen LogP contribution in [0, 0.1) is 0 Å². The zero-order valence-corrected chi connectivity index (χ0v) is 28.9. The van der Waals surface area contributed by atoms with Crippen LogP contribution in [-0.4, -0.2) is 10.6 Å². The molecule has 242 valence electrons. The third-order valence-corrected chi connectivity index (χ3v) is 12.5. The molecule has 0 amide bonds. The van der Waals surface area contributed by atoms with Crippen LogP contribution in [0.25, 0.3) is 69.9 Å². The van der Waals surface area contributed by atoms with Crippen LogP contribution in [-0.2, 0) is 0 Å². The van der Waals surface area contributed by atoms with Crippen molar-refractivity contribution in [3.8, 4) is 27.9 Å². The van der Waals surface area contributed by atoms with Gasteiger partial charge in [0.1, 0.15) is 0 Å². The standard InChI is InChI=1S/C48H34N2S/c1-5-22-43-37(16-1)38-17-2-6-23-44(38)50(43)35-26-27-46-42(30-35)39-18-3-7-24-45(39)49(46)34-15-10-13-32(29-34)31-12-9-14-33(28-31)36-20-11-21-41-40-19-4-8-25-47(40)51-48(36)41/h1,3-16,18-30,38,44H,2,17H2. The number of hydrogen-bond donors (Lipinski definition) is 0. The molecule has 0 saturated heterocycles. The number of nitrogens with zero attached hydrogens (tertiary/aromatic N) is 2. The number of anilines is 2. The van der Waals surface area contributed by atoms with Gasteiger partial charge in [-0.2, -0.15) is 0 Å². The van der Waals surface area contributed by atoms with Gasteiger partial charge in [0.05, 0.1) is 17.1 Å². The number of aromatic nitrogens is 1. The van der Waals surface area contributed by atoms with Crippen molar-refractivity contribution < 1.29 is 0 Å². The Morgan fingerprint density at radius 2 is 1.27 bits per heavy atom. The molecule has 0 bridgehead atoms. The smallest absolute Gasteiger partial charge is 0.0591 e.